The largest absolute Gasteiger partial charge is 0.476 e. The van der Waals surface area contributed by atoms with Gasteiger partial charge in [-0.15, -0.1) is 11.3 Å². The van der Waals surface area contributed by atoms with Gasteiger partial charge in [0.1, 0.15) is 0 Å². The molecule has 0 atom stereocenters. The van der Waals surface area contributed by atoms with E-state index in [0.717, 1.165) is 11.3 Å². The lowest BCUT2D eigenvalue weighted by molar-refractivity contribution is 0.0687. The number of nitrogens with zero attached hydrogens (tertiary/aromatic N) is 1. The number of nitrogens with one attached hydrogen (secondary N) is 1. The molecule has 20 heavy (non-hydrogen) atoms. The Kier molecular flexibility index (Phi) is 5.67. The molecule has 1 heterocycles. The summed E-state index contributed by atoms with van der Waals surface area (Å²) in [6.07, 6.45) is 0. The molecule has 114 valence electrons. The van der Waals surface area contributed by atoms with Crippen LogP contribution in [0, 0.1) is 17.8 Å². The third kappa shape index (κ3) is 4.00. The quantitative estimate of drug-likeness (QED) is 0.801. The van der Waals surface area contributed by atoms with Crippen LogP contribution in [0.4, 0.5) is 0 Å². The Morgan fingerprint density at radius 3 is 2.35 bits per heavy atom. The van der Waals surface area contributed by atoms with Gasteiger partial charge in [0.25, 0.3) is 10.0 Å². The number of carboxylic acid groups (broad SMARTS) is 1. The summed E-state index contributed by atoms with van der Waals surface area (Å²) >= 11 is 0.811. The van der Waals surface area contributed by atoms with E-state index in [1.165, 1.54) is 5.51 Å². The fourth-order valence-electron chi connectivity index (χ4n) is 2.08. The van der Waals surface area contributed by atoms with Gasteiger partial charge in [-0.3, -0.25) is 0 Å². The zero-order chi connectivity index (χ0) is 15.5. The van der Waals surface area contributed by atoms with Crippen molar-refractivity contribution in [3.63, 3.8) is 0 Å². The lowest BCUT2D eigenvalue weighted by atomic mass is 9.86. The highest BCUT2D eigenvalue weighted by Gasteiger charge is 2.27. The number of aromatic carboxylic acids is 1. The van der Waals surface area contributed by atoms with Crippen LogP contribution in [0.25, 0.3) is 0 Å². The number of sulfonamides is 1. The SMILES string of the molecule is CC(C)C(CNS(=O)(=O)c1scnc1C(=O)O)C(C)C. The van der Waals surface area contributed by atoms with E-state index in [4.69, 9.17) is 5.11 Å². The summed E-state index contributed by atoms with van der Waals surface area (Å²) in [5.74, 6) is -0.488. The Labute approximate surface area is 123 Å². The van der Waals surface area contributed by atoms with E-state index >= 15 is 0 Å². The molecule has 2 N–H and O–H groups in total. The van der Waals surface area contributed by atoms with Crippen LogP contribution in [-0.2, 0) is 10.0 Å². The molecule has 0 bridgehead atoms. The van der Waals surface area contributed by atoms with Gasteiger partial charge in [0.05, 0.1) is 5.51 Å². The normalized spacial score (nSPS) is 12.6. The van der Waals surface area contributed by atoms with Gasteiger partial charge in [-0.2, -0.15) is 0 Å². The summed E-state index contributed by atoms with van der Waals surface area (Å²) in [7, 11) is -3.83. The highest BCUT2D eigenvalue weighted by molar-refractivity contribution is 7.91. The van der Waals surface area contributed by atoms with E-state index < -0.39 is 21.7 Å². The molecule has 0 spiro atoms. The fraction of sp³-hybridized carbons (Fsp3) is 0.667. The van der Waals surface area contributed by atoms with Crippen molar-refractivity contribution in [3.05, 3.63) is 11.2 Å². The van der Waals surface area contributed by atoms with Gasteiger partial charge < -0.3 is 5.11 Å². The zero-order valence-corrected chi connectivity index (χ0v) is 13.6. The number of aromatic nitrogens is 1. The first kappa shape index (κ1) is 17.1. The molecule has 0 unspecified atom stereocenters. The van der Waals surface area contributed by atoms with Crippen LogP contribution >= 0.6 is 11.3 Å². The molecule has 8 heteroatoms. The maximum absolute atomic E-state index is 12.2. The predicted molar refractivity (Wildman–Crippen MR) is 77.4 cm³/mol. The van der Waals surface area contributed by atoms with Gasteiger partial charge >= 0.3 is 5.97 Å². The molecule has 0 saturated carbocycles. The Morgan fingerprint density at radius 2 is 1.90 bits per heavy atom. The summed E-state index contributed by atoms with van der Waals surface area (Å²) in [6, 6.07) is 0. The second kappa shape index (κ2) is 6.64. The summed E-state index contributed by atoms with van der Waals surface area (Å²) in [4.78, 5) is 14.5. The molecular formula is C12H20N2O4S2. The number of thiazole rings is 1. The zero-order valence-electron chi connectivity index (χ0n) is 12.0. The molecule has 0 aliphatic rings. The van der Waals surface area contributed by atoms with E-state index in [-0.39, 0.29) is 16.7 Å². The topological polar surface area (TPSA) is 96.4 Å². The fourth-order valence-corrected chi connectivity index (χ4v) is 4.34. The second-order valence-corrected chi connectivity index (χ2v) is 8.11. The Hall–Kier alpha value is -0.990. The van der Waals surface area contributed by atoms with Crippen molar-refractivity contribution < 1.29 is 18.3 Å². The number of hydrogen-bond donors (Lipinski definition) is 2. The first-order valence-corrected chi connectivity index (χ1v) is 8.69. The van der Waals surface area contributed by atoms with E-state index in [2.05, 4.69) is 9.71 Å². The van der Waals surface area contributed by atoms with Crippen LogP contribution in [-0.4, -0.2) is 31.0 Å². The van der Waals surface area contributed by atoms with Gasteiger partial charge in [-0.05, 0) is 17.8 Å². The standard InChI is InChI=1S/C12H20N2O4S2/c1-7(2)9(8(3)4)5-14-20(17,18)12-10(11(15)16)13-6-19-12/h6-9,14H,5H2,1-4H3,(H,15,16). The van der Waals surface area contributed by atoms with Gasteiger partial charge in [0, 0.05) is 6.54 Å². The van der Waals surface area contributed by atoms with E-state index in [1.54, 1.807) is 0 Å². The molecule has 6 nitrogen and oxygen atoms in total. The average Bonchev–Trinajstić information content (AvgIpc) is 2.77. The Balaban J connectivity index is 2.90. The van der Waals surface area contributed by atoms with Crippen molar-refractivity contribution in [2.75, 3.05) is 6.54 Å². The van der Waals surface area contributed by atoms with Crippen molar-refractivity contribution in [2.45, 2.75) is 31.9 Å². The molecule has 0 radical (unpaired) electrons. The first-order valence-electron chi connectivity index (χ1n) is 6.33. The van der Waals surface area contributed by atoms with Crippen molar-refractivity contribution in [1.29, 1.82) is 0 Å². The monoisotopic (exact) mass is 320 g/mol. The molecule has 0 aliphatic heterocycles. The van der Waals surface area contributed by atoms with Crippen LogP contribution in [0.15, 0.2) is 9.72 Å². The third-order valence-electron chi connectivity index (χ3n) is 3.20. The van der Waals surface area contributed by atoms with Gasteiger partial charge in [-0.1, -0.05) is 27.7 Å². The minimum atomic E-state index is -3.83. The van der Waals surface area contributed by atoms with E-state index in [0.29, 0.717) is 11.8 Å². The van der Waals surface area contributed by atoms with Crippen LogP contribution < -0.4 is 4.72 Å². The molecule has 0 aromatic carbocycles. The summed E-state index contributed by atoms with van der Waals surface area (Å²) in [5, 5.41) is 8.92. The summed E-state index contributed by atoms with van der Waals surface area (Å²) < 4.78 is 26.6. The van der Waals surface area contributed by atoms with Crippen molar-refractivity contribution >= 4 is 27.3 Å². The molecular weight excluding hydrogens is 300 g/mol. The number of carboxylic acids is 1. The molecule has 1 aromatic rings. The van der Waals surface area contributed by atoms with Crippen LogP contribution in [0.5, 0.6) is 0 Å². The molecule has 1 rings (SSSR count). The third-order valence-corrected chi connectivity index (χ3v) is 6.00. The van der Waals surface area contributed by atoms with Crippen molar-refractivity contribution in [1.82, 2.24) is 9.71 Å². The maximum atomic E-state index is 12.2. The van der Waals surface area contributed by atoms with Gasteiger partial charge in [0.15, 0.2) is 9.90 Å². The van der Waals surface area contributed by atoms with Crippen LogP contribution in [0.3, 0.4) is 0 Å². The average molecular weight is 320 g/mol. The molecule has 0 fully saturated rings. The van der Waals surface area contributed by atoms with Crippen molar-refractivity contribution in [3.8, 4) is 0 Å². The predicted octanol–water partition coefficient (Wildman–Crippen LogP) is 2.05. The van der Waals surface area contributed by atoms with Crippen LogP contribution in [0.1, 0.15) is 38.2 Å². The Morgan fingerprint density at radius 1 is 1.35 bits per heavy atom. The highest BCUT2D eigenvalue weighted by Crippen LogP contribution is 2.23. The second-order valence-electron chi connectivity index (χ2n) is 5.30. The van der Waals surface area contributed by atoms with E-state index in [1.807, 2.05) is 27.7 Å². The lowest BCUT2D eigenvalue weighted by Gasteiger charge is -2.24. The van der Waals surface area contributed by atoms with Gasteiger partial charge in [-0.25, -0.2) is 22.9 Å². The minimum absolute atomic E-state index is 0.186. The lowest BCUT2D eigenvalue weighted by Crippen LogP contribution is -2.34. The molecule has 0 aliphatic carbocycles. The van der Waals surface area contributed by atoms with Crippen LogP contribution in [0.2, 0.25) is 0 Å². The summed E-state index contributed by atoms with van der Waals surface area (Å²) in [6.45, 7) is 8.43. The maximum Gasteiger partial charge on any atom is 0.356 e. The van der Waals surface area contributed by atoms with Gasteiger partial charge in [0.2, 0.25) is 0 Å². The summed E-state index contributed by atoms with van der Waals surface area (Å²) in [5.41, 5.74) is 0.800. The number of hydrogen-bond acceptors (Lipinski definition) is 5. The molecule has 1 aromatic heterocycles. The van der Waals surface area contributed by atoms with E-state index in [9.17, 15) is 13.2 Å². The number of rotatable bonds is 7. The molecule has 0 amide bonds. The Bertz CT molecular complexity index is 556. The highest BCUT2D eigenvalue weighted by atomic mass is 32.2. The van der Waals surface area contributed by atoms with Crippen molar-refractivity contribution in [2.24, 2.45) is 17.8 Å². The first-order chi connectivity index (χ1) is 9.16. The number of carbonyl (C=O) groups is 1. The minimum Gasteiger partial charge on any atom is -0.476 e. The smallest absolute Gasteiger partial charge is 0.356 e. The molecule has 0 saturated heterocycles.